The van der Waals surface area contributed by atoms with Crippen LogP contribution in [0.4, 0.5) is 0 Å². The molecule has 12 heteroatoms. The molecule has 1 fully saturated rings. The number of benzene rings is 2. The minimum absolute atomic E-state index is 0.0430. The molecule has 1 amide bonds. The van der Waals surface area contributed by atoms with Gasteiger partial charge in [0.25, 0.3) is 0 Å². The second-order valence-electron chi connectivity index (χ2n) is 10.8. The summed E-state index contributed by atoms with van der Waals surface area (Å²) in [6, 6.07) is 18.1. The first-order chi connectivity index (χ1) is 21.6. The van der Waals surface area contributed by atoms with Gasteiger partial charge in [-0.05, 0) is 24.5 Å². The molecule has 0 aliphatic carbocycles. The van der Waals surface area contributed by atoms with Crippen LogP contribution in [-0.2, 0) is 41.6 Å². The first kappa shape index (κ1) is 32.8. The maximum Gasteiger partial charge on any atom is 0.366 e. The topological polar surface area (TPSA) is 151 Å². The van der Waals surface area contributed by atoms with Crippen molar-refractivity contribution in [2.24, 2.45) is 11.8 Å². The molecule has 4 atom stereocenters. The Labute approximate surface area is 260 Å². The van der Waals surface area contributed by atoms with Crippen LogP contribution < -0.4 is 19.5 Å². The fourth-order valence-corrected chi connectivity index (χ4v) is 4.72. The van der Waals surface area contributed by atoms with Crippen molar-refractivity contribution in [1.29, 1.82) is 0 Å². The monoisotopic (exact) mass is 621 g/mol. The number of nitrogens with zero attached hydrogens (tertiary/aromatic N) is 1. The lowest BCUT2D eigenvalue weighted by atomic mass is 9.91. The average Bonchev–Trinajstić information content (AvgIpc) is 3.06. The molecule has 1 aromatic heterocycles. The molecule has 2 heterocycles. The Morgan fingerprint density at radius 1 is 1.00 bits per heavy atom. The van der Waals surface area contributed by atoms with E-state index < -0.39 is 60.5 Å². The van der Waals surface area contributed by atoms with Crippen molar-refractivity contribution >= 4 is 23.8 Å². The van der Waals surface area contributed by atoms with E-state index in [0.717, 1.165) is 11.1 Å². The SMILES string of the molecule is COc1cc[n+](O)c(C(=O)N[C@H]2COC(=O)[C@H](Cc3ccccc3)[C@@H](OC(=O)C(C)C)[C@H](C)OC2=O)c1OCc1ccccc1. The molecule has 0 spiro atoms. The van der Waals surface area contributed by atoms with Crippen LogP contribution in [-0.4, -0.2) is 61.0 Å². The molecule has 45 heavy (non-hydrogen) atoms. The molecular formula is C33H37N2O10+. The van der Waals surface area contributed by atoms with Gasteiger partial charge in [-0.25, -0.2) is 4.79 Å². The number of pyridine rings is 1. The zero-order chi connectivity index (χ0) is 32.5. The number of cyclic esters (lactones) is 2. The highest BCUT2D eigenvalue weighted by molar-refractivity contribution is 5.97. The molecule has 238 valence electrons. The summed E-state index contributed by atoms with van der Waals surface area (Å²) in [6.45, 7) is 4.26. The van der Waals surface area contributed by atoms with E-state index >= 15 is 0 Å². The molecule has 0 saturated carbocycles. The first-order valence-electron chi connectivity index (χ1n) is 14.5. The van der Waals surface area contributed by atoms with Crippen molar-refractivity contribution in [2.75, 3.05) is 13.7 Å². The van der Waals surface area contributed by atoms with Crippen LogP contribution in [0.1, 0.15) is 42.4 Å². The van der Waals surface area contributed by atoms with Gasteiger partial charge in [0.15, 0.2) is 17.9 Å². The third-order valence-electron chi connectivity index (χ3n) is 7.16. The average molecular weight is 622 g/mol. The molecule has 0 radical (unpaired) electrons. The Morgan fingerprint density at radius 3 is 2.27 bits per heavy atom. The number of hydrogen-bond donors (Lipinski definition) is 2. The second-order valence-corrected chi connectivity index (χ2v) is 10.8. The van der Waals surface area contributed by atoms with Crippen LogP contribution in [0.25, 0.3) is 0 Å². The van der Waals surface area contributed by atoms with Crippen LogP contribution in [0.5, 0.6) is 11.5 Å². The molecule has 12 nitrogen and oxygen atoms in total. The van der Waals surface area contributed by atoms with Crippen molar-refractivity contribution in [1.82, 2.24) is 5.32 Å². The quantitative estimate of drug-likeness (QED) is 0.150. The predicted molar refractivity (Wildman–Crippen MR) is 157 cm³/mol. The summed E-state index contributed by atoms with van der Waals surface area (Å²) in [5, 5.41) is 13.1. The third kappa shape index (κ3) is 8.28. The molecule has 0 bridgehead atoms. The number of ether oxygens (including phenoxy) is 5. The lowest BCUT2D eigenvalue weighted by molar-refractivity contribution is -0.906. The Hall–Kier alpha value is -5.13. The highest BCUT2D eigenvalue weighted by Gasteiger charge is 2.43. The largest absolute Gasteiger partial charge is 0.492 e. The maximum atomic E-state index is 13.6. The summed E-state index contributed by atoms with van der Waals surface area (Å²) in [5.74, 6) is -4.65. The van der Waals surface area contributed by atoms with Crippen LogP contribution >= 0.6 is 0 Å². The predicted octanol–water partition coefficient (Wildman–Crippen LogP) is 2.81. The highest BCUT2D eigenvalue weighted by atomic mass is 16.6. The number of aromatic nitrogens is 1. The van der Waals surface area contributed by atoms with Gasteiger partial charge >= 0.3 is 29.5 Å². The van der Waals surface area contributed by atoms with Gasteiger partial charge in [-0.15, -0.1) is 0 Å². The van der Waals surface area contributed by atoms with Gasteiger partial charge in [-0.3, -0.25) is 19.6 Å². The van der Waals surface area contributed by atoms with Gasteiger partial charge in [-0.1, -0.05) is 74.5 Å². The zero-order valence-corrected chi connectivity index (χ0v) is 25.5. The van der Waals surface area contributed by atoms with Gasteiger partial charge < -0.3 is 29.0 Å². The summed E-state index contributed by atoms with van der Waals surface area (Å²) < 4.78 is 28.7. The number of esters is 3. The van der Waals surface area contributed by atoms with E-state index in [1.54, 1.807) is 13.8 Å². The summed E-state index contributed by atoms with van der Waals surface area (Å²) in [7, 11) is 1.37. The lowest BCUT2D eigenvalue weighted by Gasteiger charge is -2.29. The standard InChI is InChI=1S/C33H36N2O10/c1-20(2)31(37)45-28-21(3)44-33(39)25(19-43-32(38)24(28)17-22-11-7-5-8-12-22)34-30(36)27-29(26(41-4)15-16-35(27)40)42-18-23-13-9-6-10-14-23/h5-16,20-21,24-25,28H,17-19H2,1-4H3,(H-,34,36,40)/p+1/t21-,24+,25-,28-/m0/s1. The Morgan fingerprint density at radius 2 is 1.64 bits per heavy atom. The summed E-state index contributed by atoms with van der Waals surface area (Å²) >= 11 is 0. The van der Waals surface area contributed by atoms with E-state index in [1.807, 2.05) is 60.7 Å². The number of hydrogen-bond acceptors (Lipinski definition) is 10. The normalized spacial score (nSPS) is 20.1. The minimum Gasteiger partial charge on any atom is -0.492 e. The van der Waals surface area contributed by atoms with Crippen molar-refractivity contribution < 1.29 is 52.8 Å². The number of carbonyl (C=O) groups excluding carboxylic acids is 4. The van der Waals surface area contributed by atoms with Crippen LogP contribution in [0.3, 0.4) is 0 Å². The Bertz CT molecular complexity index is 1500. The van der Waals surface area contributed by atoms with Gasteiger partial charge in [0.2, 0.25) is 11.9 Å². The summed E-state index contributed by atoms with van der Waals surface area (Å²) in [6.07, 6.45) is -0.926. The Kier molecular flexibility index (Phi) is 11.0. The van der Waals surface area contributed by atoms with Crippen molar-refractivity contribution in [2.45, 2.75) is 52.0 Å². The number of amides is 1. The highest BCUT2D eigenvalue weighted by Crippen LogP contribution is 2.30. The van der Waals surface area contributed by atoms with Crippen molar-refractivity contribution in [3.8, 4) is 11.5 Å². The maximum absolute atomic E-state index is 13.6. The van der Waals surface area contributed by atoms with Gasteiger partial charge in [0, 0.05) is 4.73 Å². The molecule has 2 aromatic carbocycles. The number of rotatable bonds is 10. The van der Waals surface area contributed by atoms with Crippen molar-refractivity contribution in [3.05, 3.63) is 89.7 Å². The molecule has 1 saturated heterocycles. The van der Waals surface area contributed by atoms with E-state index in [4.69, 9.17) is 23.7 Å². The molecule has 0 unspecified atom stereocenters. The second kappa shape index (κ2) is 15.0. The minimum atomic E-state index is -1.48. The van der Waals surface area contributed by atoms with E-state index in [9.17, 15) is 24.4 Å². The number of nitrogens with one attached hydrogen (secondary N) is 1. The molecular weight excluding hydrogens is 584 g/mol. The van der Waals surface area contributed by atoms with Crippen LogP contribution in [0, 0.1) is 11.8 Å². The van der Waals surface area contributed by atoms with E-state index in [2.05, 4.69) is 5.32 Å². The molecule has 3 aromatic rings. The number of methoxy groups -OCH3 is 1. The Balaban J connectivity index is 1.60. The fraction of sp³-hybridized carbons (Fsp3) is 0.364. The smallest absolute Gasteiger partial charge is 0.366 e. The zero-order valence-electron chi connectivity index (χ0n) is 25.5. The molecule has 1 aliphatic rings. The van der Waals surface area contributed by atoms with Gasteiger partial charge in [0.1, 0.15) is 25.2 Å². The fourth-order valence-electron chi connectivity index (χ4n) is 4.72. The summed E-state index contributed by atoms with van der Waals surface area (Å²) in [5.41, 5.74) is 1.20. The van der Waals surface area contributed by atoms with Crippen LogP contribution in [0.15, 0.2) is 72.9 Å². The van der Waals surface area contributed by atoms with E-state index in [1.165, 1.54) is 26.3 Å². The summed E-state index contributed by atoms with van der Waals surface area (Å²) in [4.78, 5) is 53.0. The third-order valence-corrected chi connectivity index (χ3v) is 7.16. The number of carbonyl (C=O) groups is 4. The van der Waals surface area contributed by atoms with Crippen molar-refractivity contribution in [3.63, 3.8) is 0 Å². The van der Waals surface area contributed by atoms with Gasteiger partial charge in [-0.2, -0.15) is 0 Å². The van der Waals surface area contributed by atoms with E-state index in [-0.39, 0.29) is 30.2 Å². The van der Waals surface area contributed by atoms with Gasteiger partial charge in [0.05, 0.1) is 19.1 Å². The molecule has 1 aliphatic heterocycles. The molecule has 2 N–H and O–H groups in total. The van der Waals surface area contributed by atoms with Crippen LogP contribution in [0.2, 0.25) is 0 Å². The first-order valence-corrected chi connectivity index (χ1v) is 14.5. The van der Waals surface area contributed by atoms with E-state index in [0.29, 0.717) is 4.73 Å². The lowest BCUT2D eigenvalue weighted by Crippen LogP contribution is -2.50. The molecule has 4 rings (SSSR count).